The fourth-order valence-electron chi connectivity index (χ4n) is 3.48. The molecule has 1 spiro atoms. The van der Waals surface area contributed by atoms with Crippen molar-refractivity contribution in [2.45, 2.75) is 37.8 Å². The fourth-order valence-corrected chi connectivity index (χ4v) is 3.48. The van der Waals surface area contributed by atoms with Crippen LogP contribution in [0.1, 0.15) is 31.2 Å². The zero-order chi connectivity index (χ0) is 11.6. The second kappa shape index (κ2) is 4.79. The minimum absolute atomic E-state index is 0.466. The second-order valence-electron chi connectivity index (χ2n) is 5.52. The van der Waals surface area contributed by atoms with Gasteiger partial charge in [0.05, 0.1) is 0 Å². The summed E-state index contributed by atoms with van der Waals surface area (Å²) in [4.78, 5) is 2.72. The fraction of sp³-hybridized carbons (Fsp3) is 0.600. The van der Waals surface area contributed by atoms with Gasteiger partial charge in [-0.2, -0.15) is 0 Å². The number of likely N-dealkylation sites (tertiary alicyclic amines) is 1. The zero-order valence-electron chi connectivity index (χ0n) is 10.5. The molecule has 3 rings (SSSR count). The Morgan fingerprint density at radius 1 is 1.12 bits per heavy atom. The van der Waals surface area contributed by atoms with Gasteiger partial charge >= 0.3 is 0 Å². The van der Waals surface area contributed by atoms with Gasteiger partial charge in [-0.1, -0.05) is 30.3 Å². The summed E-state index contributed by atoms with van der Waals surface area (Å²) in [5, 5.41) is 3.59. The molecule has 2 heterocycles. The van der Waals surface area contributed by atoms with E-state index < -0.39 is 0 Å². The topological polar surface area (TPSA) is 15.3 Å². The van der Waals surface area contributed by atoms with Crippen LogP contribution in [0.25, 0.3) is 0 Å². The SMILES string of the molecule is c1ccc(CN2CCC[C@@]23CCCNC3)cc1. The molecule has 2 saturated heterocycles. The van der Waals surface area contributed by atoms with Gasteiger partial charge in [-0.15, -0.1) is 0 Å². The number of nitrogens with one attached hydrogen (secondary N) is 1. The van der Waals surface area contributed by atoms with E-state index in [1.165, 1.54) is 50.9 Å². The van der Waals surface area contributed by atoms with E-state index in [0.717, 1.165) is 6.54 Å². The average molecular weight is 230 g/mol. The Morgan fingerprint density at radius 2 is 1.94 bits per heavy atom. The van der Waals surface area contributed by atoms with E-state index >= 15 is 0 Å². The Kier molecular flexibility index (Phi) is 3.17. The highest BCUT2D eigenvalue weighted by atomic mass is 15.2. The molecule has 2 aliphatic rings. The lowest BCUT2D eigenvalue weighted by Gasteiger charge is -2.42. The van der Waals surface area contributed by atoms with Gasteiger partial charge in [0.25, 0.3) is 0 Å². The van der Waals surface area contributed by atoms with Crippen molar-refractivity contribution in [2.24, 2.45) is 0 Å². The van der Waals surface area contributed by atoms with Gasteiger partial charge in [0, 0.05) is 18.6 Å². The van der Waals surface area contributed by atoms with Crippen molar-refractivity contribution in [2.75, 3.05) is 19.6 Å². The first-order valence-electron chi connectivity index (χ1n) is 6.89. The molecule has 2 heteroatoms. The molecule has 1 N–H and O–H groups in total. The molecule has 0 bridgehead atoms. The second-order valence-corrected chi connectivity index (χ2v) is 5.52. The Hall–Kier alpha value is -0.860. The van der Waals surface area contributed by atoms with Crippen LogP contribution < -0.4 is 5.32 Å². The van der Waals surface area contributed by atoms with Crippen LogP contribution in [0.3, 0.4) is 0 Å². The van der Waals surface area contributed by atoms with Gasteiger partial charge in [0.15, 0.2) is 0 Å². The summed E-state index contributed by atoms with van der Waals surface area (Å²) in [6, 6.07) is 10.9. The number of nitrogens with zero attached hydrogens (tertiary/aromatic N) is 1. The van der Waals surface area contributed by atoms with Crippen LogP contribution in [0.4, 0.5) is 0 Å². The predicted molar refractivity (Wildman–Crippen MR) is 70.9 cm³/mol. The van der Waals surface area contributed by atoms with Gasteiger partial charge in [-0.3, -0.25) is 4.90 Å². The van der Waals surface area contributed by atoms with E-state index in [4.69, 9.17) is 0 Å². The smallest absolute Gasteiger partial charge is 0.0338 e. The normalized spacial score (nSPS) is 29.9. The molecular weight excluding hydrogens is 208 g/mol. The molecule has 0 aliphatic carbocycles. The maximum absolute atomic E-state index is 3.59. The number of benzene rings is 1. The third kappa shape index (κ3) is 2.24. The first kappa shape index (κ1) is 11.2. The molecule has 17 heavy (non-hydrogen) atoms. The summed E-state index contributed by atoms with van der Waals surface area (Å²) < 4.78 is 0. The molecule has 0 aromatic heterocycles. The molecule has 2 fully saturated rings. The van der Waals surface area contributed by atoms with E-state index in [2.05, 4.69) is 40.5 Å². The minimum atomic E-state index is 0.466. The third-order valence-corrected chi connectivity index (χ3v) is 4.41. The number of piperidine rings is 1. The lowest BCUT2D eigenvalue weighted by atomic mass is 9.87. The number of hydrogen-bond donors (Lipinski definition) is 1. The van der Waals surface area contributed by atoms with Crippen molar-refractivity contribution >= 4 is 0 Å². The molecule has 1 aromatic rings. The summed E-state index contributed by atoms with van der Waals surface area (Å²) in [7, 11) is 0. The Balaban J connectivity index is 1.73. The van der Waals surface area contributed by atoms with E-state index in [1.807, 2.05) is 0 Å². The molecule has 2 nitrogen and oxygen atoms in total. The molecule has 1 atom stereocenters. The Bertz CT molecular complexity index is 354. The van der Waals surface area contributed by atoms with Gasteiger partial charge < -0.3 is 5.32 Å². The maximum atomic E-state index is 3.59. The monoisotopic (exact) mass is 230 g/mol. The van der Waals surface area contributed by atoms with Crippen molar-refractivity contribution in [1.82, 2.24) is 10.2 Å². The number of rotatable bonds is 2. The molecule has 0 unspecified atom stereocenters. The lowest BCUT2D eigenvalue weighted by Crippen LogP contribution is -2.53. The molecular formula is C15H22N2. The van der Waals surface area contributed by atoms with Crippen molar-refractivity contribution < 1.29 is 0 Å². The third-order valence-electron chi connectivity index (χ3n) is 4.41. The molecule has 1 aromatic carbocycles. The first-order chi connectivity index (χ1) is 8.39. The van der Waals surface area contributed by atoms with Gasteiger partial charge in [0.1, 0.15) is 0 Å². The Morgan fingerprint density at radius 3 is 2.71 bits per heavy atom. The van der Waals surface area contributed by atoms with Gasteiger partial charge in [-0.25, -0.2) is 0 Å². The molecule has 0 radical (unpaired) electrons. The largest absolute Gasteiger partial charge is 0.315 e. The first-order valence-corrected chi connectivity index (χ1v) is 6.89. The van der Waals surface area contributed by atoms with Crippen LogP contribution in [-0.4, -0.2) is 30.1 Å². The van der Waals surface area contributed by atoms with Crippen LogP contribution in [0.2, 0.25) is 0 Å². The lowest BCUT2D eigenvalue weighted by molar-refractivity contribution is 0.0982. The van der Waals surface area contributed by atoms with Gasteiger partial charge in [-0.05, 0) is 44.3 Å². The van der Waals surface area contributed by atoms with Crippen molar-refractivity contribution in [3.05, 3.63) is 35.9 Å². The molecule has 92 valence electrons. The standard InChI is InChI=1S/C15H22N2/c1-2-6-14(7-3-1)12-17-11-5-9-15(17)8-4-10-16-13-15/h1-3,6-7,16H,4-5,8-13H2/t15-/m1/s1. The summed E-state index contributed by atoms with van der Waals surface area (Å²) in [6.07, 6.45) is 5.47. The van der Waals surface area contributed by atoms with Crippen LogP contribution >= 0.6 is 0 Å². The summed E-state index contributed by atoms with van der Waals surface area (Å²) in [6.45, 7) is 4.81. The van der Waals surface area contributed by atoms with Crippen molar-refractivity contribution in [3.8, 4) is 0 Å². The zero-order valence-corrected chi connectivity index (χ0v) is 10.5. The molecule has 0 saturated carbocycles. The summed E-state index contributed by atoms with van der Waals surface area (Å²) >= 11 is 0. The Labute approximate surface area is 104 Å². The van der Waals surface area contributed by atoms with Crippen LogP contribution in [-0.2, 0) is 6.54 Å². The minimum Gasteiger partial charge on any atom is -0.315 e. The van der Waals surface area contributed by atoms with Gasteiger partial charge in [0.2, 0.25) is 0 Å². The highest BCUT2D eigenvalue weighted by Gasteiger charge is 2.41. The van der Waals surface area contributed by atoms with Crippen LogP contribution in [0.15, 0.2) is 30.3 Å². The van der Waals surface area contributed by atoms with Crippen molar-refractivity contribution in [3.63, 3.8) is 0 Å². The average Bonchev–Trinajstić information content (AvgIpc) is 2.74. The van der Waals surface area contributed by atoms with E-state index in [-0.39, 0.29) is 0 Å². The molecule has 2 aliphatic heterocycles. The maximum Gasteiger partial charge on any atom is 0.0338 e. The van der Waals surface area contributed by atoms with E-state index in [1.54, 1.807) is 0 Å². The quantitative estimate of drug-likeness (QED) is 0.839. The highest BCUT2D eigenvalue weighted by Crippen LogP contribution is 2.35. The summed E-state index contributed by atoms with van der Waals surface area (Å²) in [5.41, 5.74) is 1.92. The van der Waals surface area contributed by atoms with Crippen molar-refractivity contribution in [1.29, 1.82) is 0 Å². The number of hydrogen-bond acceptors (Lipinski definition) is 2. The molecule has 0 amide bonds. The van der Waals surface area contributed by atoms with Crippen LogP contribution in [0.5, 0.6) is 0 Å². The summed E-state index contributed by atoms with van der Waals surface area (Å²) in [5.74, 6) is 0. The predicted octanol–water partition coefficient (Wildman–Crippen LogP) is 2.40. The van der Waals surface area contributed by atoms with Crippen LogP contribution in [0, 0.1) is 0 Å². The van der Waals surface area contributed by atoms with E-state index in [0.29, 0.717) is 5.54 Å². The highest BCUT2D eigenvalue weighted by molar-refractivity contribution is 5.16. The van der Waals surface area contributed by atoms with E-state index in [9.17, 15) is 0 Å².